The Bertz CT molecular complexity index is 635. The molecule has 3 rings (SSSR count). The molecule has 0 bridgehead atoms. The molecule has 0 saturated heterocycles. The van der Waals surface area contributed by atoms with Crippen molar-refractivity contribution in [3.8, 4) is 5.75 Å². The van der Waals surface area contributed by atoms with Gasteiger partial charge in [-0.05, 0) is 37.0 Å². The number of nitrogens with two attached hydrogens (primary N) is 1. The van der Waals surface area contributed by atoms with Gasteiger partial charge in [-0.3, -0.25) is 16.0 Å². The van der Waals surface area contributed by atoms with Crippen LogP contribution in [0.15, 0.2) is 24.4 Å². The van der Waals surface area contributed by atoms with Gasteiger partial charge in [0.15, 0.2) is 0 Å². The van der Waals surface area contributed by atoms with Crippen molar-refractivity contribution in [2.24, 2.45) is 12.9 Å². The van der Waals surface area contributed by atoms with E-state index in [0.717, 1.165) is 37.3 Å². The van der Waals surface area contributed by atoms with Crippen molar-refractivity contribution in [2.75, 3.05) is 6.61 Å². The number of nitrogens with zero attached hydrogens (tertiary/aromatic N) is 2. The zero-order valence-corrected chi connectivity index (χ0v) is 12.6. The molecule has 0 fully saturated rings. The fraction of sp³-hybridized carbons (Fsp3) is 0.438. The Morgan fingerprint density at radius 1 is 1.48 bits per heavy atom. The molecule has 0 saturated carbocycles. The van der Waals surface area contributed by atoms with E-state index >= 15 is 0 Å². The van der Waals surface area contributed by atoms with Gasteiger partial charge in [0.2, 0.25) is 0 Å². The molecule has 2 heterocycles. The minimum Gasteiger partial charge on any atom is -0.493 e. The van der Waals surface area contributed by atoms with Crippen molar-refractivity contribution in [2.45, 2.75) is 32.2 Å². The van der Waals surface area contributed by atoms with E-state index in [1.807, 2.05) is 17.9 Å². The topological polar surface area (TPSA) is 65.1 Å². The van der Waals surface area contributed by atoms with E-state index < -0.39 is 0 Å². The summed E-state index contributed by atoms with van der Waals surface area (Å²) < 4.78 is 7.43. The third kappa shape index (κ3) is 2.80. The number of ether oxygens (including phenoxy) is 1. The van der Waals surface area contributed by atoms with Crippen LogP contribution in [0.25, 0.3) is 0 Å². The number of aromatic nitrogens is 2. The lowest BCUT2D eigenvalue weighted by molar-refractivity contribution is 0.357. The van der Waals surface area contributed by atoms with Crippen LogP contribution in [0, 0.1) is 6.92 Å². The standard InChI is InChI=1S/C16H22N4O/c1-11-14(10-18-20(11)2)15(19-17)5-3-12-4-6-16-13(9-12)7-8-21-16/h4,6,9-10,15,19H,3,5,7-8,17H2,1-2H3. The first-order valence-corrected chi connectivity index (χ1v) is 7.38. The van der Waals surface area contributed by atoms with Crippen LogP contribution in [-0.4, -0.2) is 16.4 Å². The van der Waals surface area contributed by atoms with Crippen LogP contribution in [-0.2, 0) is 19.9 Å². The molecule has 1 aromatic heterocycles. The van der Waals surface area contributed by atoms with Crippen LogP contribution in [0.2, 0.25) is 0 Å². The van der Waals surface area contributed by atoms with E-state index in [4.69, 9.17) is 10.6 Å². The summed E-state index contributed by atoms with van der Waals surface area (Å²) in [6.45, 7) is 2.88. The maximum absolute atomic E-state index is 5.73. The van der Waals surface area contributed by atoms with Gasteiger partial charge in [0, 0.05) is 30.8 Å². The van der Waals surface area contributed by atoms with Gasteiger partial charge in [0.05, 0.1) is 12.8 Å². The van der Waals surface area contributed by atoms with Crippen molar-refractivity contribution in [3.63, 3.8) is 0 Å². The van der Waals surface area contributed by atoms with Crippen molar-refractivity contribution < 1.29 is 4.74 Å². The summed E-state index contributed by atoms with van der Waals surface area (Å²) in [4.78, 5) is 0. The molecule has 1 aliphatic rings. The number of benzene rings is 1. The molecule has 5 nitrogen and oxygen atoms in total. The third-order valence-electron chi connectivity index (χ3n) is 4.33. The molecule has 1 aliphatic heterocycles. The van der Waals surface area contributed by atoms with Crippen molar-refractivity contribution >= 4 is 0 Å². The number of fused-ring (bicyclic) bond motifs is 1. The van der Waals surface area contributed by atoms with E-state index in [-0.39, 0.29) is 6.04 Å². The Hall–Kier alpha value is -1.85. The predicted octanol–water partition coefficient (Wildman–Crippen LogP) is 1.80. The second-order valence-electron chi connectivity index (χ2n) is 5.61. The first-order valence-electron chi connectivity index (χ1n) is 7.38. The highest BCUT2D eigenvalue weighted by Crippen LogP contribution is 2.27. The zero-order chi connectivity index (χ0) is 14.8. The van der Waals surface area contributed by atoms with Crippen LogP contribution in [0.3, 0.4) is 0 Å². The molecule has 2 aromatic rings. The summed E-state index contributed by atoms with van der Waals surface area (Å²) in [5.74, 6) is 6.77. The fourth-order valence-corrected chi connectivity index (χ4v) is 2.89. The van der Waals surface area contributed by atoms with Gasteiger partial charge >= 0.3 is 0 Å². The van der Waals surface area contributed by atoms with E-state index in [2.05, 4.69) is 35.6 Å². The van der Waals surface area contributed by atoms with E-state index in [1.165, 1.54) is 16.7 Å². The lowest BCUT2D eigenvalue weighted by Crippen LogP contribution is -2.28. The SMILES string of the molecule is Cc1c(C(CCc2ccc3c(c2)CCO3)NN)cnn1C. The number of nitrogens with one attached hydrogen (secondary N) is 1. The van der Waals surface area contributed by atoms with Gasteiger partial charge in [-0.15, -0.1) is 0 Å². The third-order valence-corrected chi connectivity index (χ3v) is 4.33. The molecule has 0 amide bonds. The average Bonchev–Trinajstić information content (AvgIpc) is 3.08. The average molecular weight is 286 g/mol. The normalized spacial score (nSPS) is 14.8. The number of hydrazine groups is 1. The summed E-state index contributed by atoms with van der Waals surface area (Å²) in [5, 5.41) is 4.29. The summed E-state index contributed by atoms with van der Waals surface area (Å²) >= 11 is 0. The summed E-state index contributed by atoms with van der Waals surface area (Å²) in [6.07, 6.45) is 4.85. The second-order valence-corrected chi connectivity index (χ2v) is 5.61. The van der Waals surface area contributed by atoms with Crippen LogP contribution in [0.4, 0.5) is 0 Å². The van der Waals surface area contributed by atoms with Gasteiger partial charge in [0.25, 0.3) is 0 Å². The molecule has 0 spiro atoms. The van der Waals surface area contributed by atoms with Crippen molar-refractivity contribution in [1.29, 1.82) is 0 Å². The first kappa shape index (κ1) is 14.1. The van der Waals surface area contributed by atoms with Crippen LogP contribution >= 0.6 is 0 Å². The zero-order valence-electron chi connectivity index (χ0n) is 12.6. The molecule has 0 radical (unpaired) electrons. The van der Waals surface area contributed by atoms with Gasteiger partial charge < -0.3 is 4.74 Å². The van der Waals surface area contributed by atoms with Crippen molar-refractivity contribution in [1.82, 2.24) is 15.2 Å². The number of rotatable bonds is 5. The second kappa shape index (κ2) is 5.87. The highest BCUT2D eigenvalue weighted by Gasteiger charge is 2.16. The predicted molar refractivity (Wildman–Crippen MR) is 82.0 cm³/mol. The molecule has 1 aromatic carbocycles. The highest BCUT2D eigenvalue weighted by atomic mass is 16.5. The summed E-state index contributed by atoms with van der Waals surface area (Å²) in [5.41, 5.74) is 7.90. The molecular weight excluding hydrogens is 264 g/mol. The molecule has 1 unspecified atom stereocenters. The monoisotopic (exact) mass is 286 g/mol. The molecule has 0 aliphatic carbocycles. The van der Waals surface area contributed by atoms with E-state index in [9.17, 15) is 0 Å². The number of hydrogen-bond donors (Lipinski definition) is 2. The molecule has 112 valence electrons. The van der Waals surface area contributed by atoms with E-state index in [0.29, 0.717) is 0 Å². The minimum atomic E-state index is 0.128. The number of hydrogen-bond acceptors (Lipinski definition) is 4. The smallest absolute Gasteiger partial charge is 0.122 e. The van der Waals surface area contributed by atoms with Crippen LogP contribution in [0.5, 0.6) is 5.75 Å². The highest BCUT2D eigenvalue weighted by molar-refractivity contribution is 5.40. The Morgan fingerprint density at radius 3 is 3.05 bits per heavy atom. The van der Waals surface area contributed by atoms with Crippen molar-refractivity contribution in [3.05, 3.63) is 46.8 Å². The lowest BCUT2D eigenvalue weighted by atomic mass is 9.98. The maximum Gasteiger partial charge on any atom is 0.122 e. The lowest BCUT2D eigenvalue weighted by Gasteiger charge is -2.16. The molecule has 21 heavy (non-hydrogen) atoms. The van der Waals surface area contributed by atoms with Gasteiger partial charge in [-0.1, -0.05) is 12.1 Å². The Morgan fingerprint density at radius 2 is 2.33 bits per heavy atom. The van der Waals surface area contributed by atoms with E-state index in [1.54, 1.807) is 0 Å². The summed E-state index contributed by atoms with van der Waals surface area (Å²) in [6, 6.07) is 6.61. The molecule has 5 heteroatoms. The van der Waals surface area contributed by atoms with Gasteiger partial charge in [-0.25, -0.2) is 0 Å². The maximum atomic E-state index is 5.73. The minimum absolute atomic E-state index is 0.128. The Kier molecular flexibility index (Phi) is 3.94. The Labute approximate surface area is 125 Å². The Balaban J connectivity index is 1.69. The quantitative estimate of drug-likeness (QED) is 0.650. The fourth-order valence-electron chi connectivity index (χ4n) is 2.89. The molecule has 3 N–H and O–H groups in total. The first-order chi connectivity index (χ1) is 10.2. The van der Waals surface area contributed by atoms with Crippen LogP contribution < -0.4 is 16.0 Å². The number of aryl methyl sites for hydroxylation is 2. The van der Waals surface area contributed by atoms with Gasteiger partial charge in [0.1, 0.15) is 5.75 Å². The largest absolute Gasteiger partial charge is 0.493 e. The van der Waals surface area contributed by atoms with Crippen LogP contribution in [0.1, 0.15) is 34.8 Å². The summed E-state index contributed by atoms with van der Waals surface area (Å²) in [7, 11) is 1.95. The van der Waals surface area contributed by atoms with Gasteiger partial charge in [-0.2, -0.15) is 5.10 Å². The molecule has 1 atom stereocenters. The molecular formula is C16H22N4O.